The second kappa shape index (κ2) is 8.25. The van der Waals surface area contributed by atoms with Gasteiger partial charge in [-0.05, 0) is 37.0 Å². The topological polar surface area (TPSA) is 52.6 Å². The first-order chi connectivity index (χ1) is 10.2. The first-order valence-corrected chi connectivity index (χ1v) is 8.07. The van der Waals surface area contributed by atoms with Crippen LogP contribution in [0, 0.1) is 0 Å². The monoisotopic (exact) mass is 310 g/mol. The molecule has 2 rings (SSSR count). The second-order valence-corrected chi connectivity index (χ2v) is 5.78. The predicted molar refractivity (Wildman–Crippen MR) is 85.8 cm³/mol. The van der Waals surface area contributed by atoms with E-state index in [0.717, 1.165) is 43.6 Å². The highest BCUT2D eigenvalue weighted by atomic mass is 35.5. The maximum absolute atomic E-state index is 12.0. The largest absolute Gasteiger partial charge is 0.390 e. The molecule has 0 radical (unpaired) electrons. The van der Waals surface area contributed by atoms with Crippen LogP contribution in [-0.2, 0) is 11.2 Å². The Balaban J connectivity index is 1.75. The number of alkyl halides is 1. The highest BCUT2D eigenvalue weighted by Gasteiger charge is 2.17. The van der Waals surface area contributed by atoms with E-state index in [1.807, 2.05) is 29.2 Å². The van der Waals surface area contributed by atoms with Crippen molar-refractivity contribution in [1.29, 1.82) is 0 Å². The first-order valence-electron chi connectivity index (χ1n) is 7.53. The van der Waals surface area contributed by atoms with Gasteiger partial charge in [-0.25, -0.2) is 0 Å². The number of hydrogen-bond acceptors (Lipinski definition) is 3. The molecule has 0 aliphatic carbocycles. The molecule has 1 aromatic carbocycles. The van der Waals surface area contributed by atoms with Gasteiger partial charge < -0.3 is 15.3 Å². The summed E-state index contributed by atoms with van der Waals surface area (Å²) in [5.74, 6) is 0.490. The van der Waals surface area contributed by atoms with Gasteiger partial charge in [-0.2, -0.15) is 0 Å². The number of rotatable bonds is 7. The van der Waals surface area contributed by atoms with Gasteiger partial charge in [0, 0.05) is 31.7 Å². The Labute approximate surface area is 131 Å². The van der Waals surface area contributed by atoms with Gasteiger partial charge in [0.15, 0.2) is 0 Å². The van der Waals surface area contributed by atoms with Crippen molar-refractivity contribution in [2.24, 2.45) is 0 Å². The summed E-state index contributed by atoms with van der Waals surface area (Å²) in [6.45, 7) is 2.28. The maximum Gasteiger partial charge on any atom is 0.222 e. The van der Waals surface area contributed by atoms with Gasteiger partial charge in [-0.1, -0.05) is 12.1 Å². The number of aliphatic hydroxyl groups excluding tert-OH is 1. The summed E-state index contributed by atoms with van der Waals surface area (Å²) in [5, 5.41) is 12.5. The molecule has 1 amide bonds. The lowest BCUT2D eigenvalue weighted by Crippen LogP contribution is -2.27. The fourth-order valence-corrected chi connectivity index (χ4v) is 2.56. The number of likely N-dealkylation sites (tertiary alicyclic amines) is 1. The lowest BCUT2D eigenvalue weighted by atomic mass is 10.1. The van der Waals surface area contributed by atoms with Crippen LogP contribution in [0.3, 0.4) is 0 Å². The van der Waals surface area contributed by atoms with Gasteiger partial charge in [0.05, 0.1) is 12.0 Å². The molecule has 0 bridgehead atoms. The van der Waals surface area contributed by atoms with Gasteiger partial charge in [0.25, 0.3) is 0 Å². The summed E-state index contributed by atoms with van der Waals surface area (Å²) >= 11 is 5.54. The Kier molecular flexibility index (Phi) is 6.33. The SMILES string of the molecule is O=C(CCc1ccc(NCC(O)CCl)cc1)N1CCCC1. The van der Waals surface area contributed by atoms with E-state index < -0.39 is 6.10 Å². The molecule has 0 aromatic heterocycles. The van der Waals surface area contributed by atoms with Gasteiger partial charge in [0.2, 0.25) is 5.91 Å². The molecule has 1 aromatic rings. The highest BCUT2D eigenvalue weighted by molar-refractivity contribution is 6.18. The van der Waals surface area contributed by atoms with Crippen LogP contribution in [0.2, 0.25) is 0 Å². The number of halogens is 1. The molecule has 5 heteroatoms. The number of carbonyl (C=O) groups is 1. The van der Waals surface area contributed by atoms with Crippen molar-refractivity contribution in [3.05, 3.63) is 29.8 Å². The minimum Gasteiger partial charge on any atom is -0.390 e. The number of hydrogen-bond donors (Lipinski definition) is 2. The average molecular weight is 311 g/mol. The second-order valence-electron chi connectivity index (χ2n) is 5.47. The zero-order valence-electron chi connectivity index (χ0n) is 12.2. The molecular formula is C16H23ClN2O2. The standard InChI is InChI=1S/C16H23ClN2O2/c17-11-15(20)12-18-14-6-3-13(4-7-14)5-8-16(21)19-9-1-2-10-19/h3-4,6-7,15,18,20H,1-2,5,8-12H2. The Bertz CT molecular complexity index is 444. The number of nitrogens with one attached hydrogen (secondary N) is 1. The third kappa shape index (κ3) is 5.21. The summed E-state index contributed by atoms with van der Waals surface area (Å²) in [4.78, 5) is 13.9. The molecule has 1 atom stereocenters. The van der Waals surface area contributed by atoms with Crippen molar-refractivity contribution in [3.8, 4) is 0 Å². The fraction of sp³-hybridized carbons (Fsp3) is 0.562. The molecule has 4 nitrogen and oxygen atoms in total. The van der Waals surface area contributed by atoms with Crippen molar-refractivity contribution in [2.45, 2.75) is 31.8 Å². The molecule has 1 heterocycles. The van der Waals surface area contributed by atoms with E-state index in [2.05, 4.69) is 5.32 Å². The molecule has 116 valence electrons. The van der Waals surface area contributed by atoms with Crippen LogP contribution in [-0.4, -0.2) is 47.5 Å². The molecule has 0 spiro atoms. The number of aryl methyl sites for hydroxylation is 1. The third-order valence-electron chi connectivity index (χ3n) is 3.76. The molecule has 2 N–H and O–H groups in total. The Morgan fingerprint density at radius 1 is 1.29 bits per heavy atom. The summed E-state index contributed by atoms with van der Waals surface area (Å²) in [7, 11) is 0. The van der Waals surface area contributed by atoms with Crippen LogP contribution in [0.15, 0.2) is 24.3 Å². The van der Waals surface area contributed by atoms with E-state index in [1.165, 1.54) is 0 Å². The average Bonchev–Trinajstić information content (AvgIpc) is 3.05. The predicted octanol–water partition coefficient (Wildman–Crippen LogP) is 2.25. The lowest BCUT2D eigenvalue weighted by molar-refractivity contribution is -0.130. The van der Waals surface area contributed by atoms with E-state index in [9.17, 15) is 9.90 Å². The molecule has 1 unspecified atom stereocenters. The number of anilines is 1. The van der Waals surface area contributed by atoms with Crippen molar-refractivity contribution in [3.63, 3.8) is 0 Å². The van der Waals surface area contributed by atoms with Crippen LogP contribution in [0.5, 0.6) is 0 Å². The number of amides is 1. The molecule has 1 fully saturated rings. The number of benzene rings is 1. The summed E-state index contributed by atoms with van der Waals surface area (Å²) in [6.07, 6.45) is 3.10. The van der Waals surface area contributed by atoms with Crippen molar-refractivity contribution >= 4 is 23.2 Å². The summed E-state index contributed by atoms with van der Waals surface area (Å²) in [5.41, 5.74) is 2.11. The Morgan fingerprint density at radius 3 is 2.57 bits per heavy atom. The molecule has 1 saturated heterocycles. The van der Waals surface area contributed by atoms with E-state index >= 15 is 0 Å². The normalized spacial score (nSPS) is 16.0. The van der Waals surface area contributed by atoms with E-state index in [4.69, 9.17) is 11.6 Å². The Morgan fingerprint density at radius 2 is 1.95 bits per heavy atom. The van der Waals surface area contributed by atoms with Crippen molar-refractivity contribution < 1.29 is 9.90 Å². The van der Waals surface area contributed by atoms with E-state index in [1.54, 1.807) is 0 Å². The molecule has 0 saturated carbocycles. The molecular weight excluding hydrogens is 288 g/mol. The zero-order valence-corrected chi connectivity index (χ0v) is 13.0. The van der Waals surface area contributed by atoms with Crippen molar-refractivity contribution in [2.75, 3.05) is 30.8 Å². The lowest BCUT2D eigenvalue weighted by Gasteiger charge is -2.15. The van der Waals surface area contributed by atoms with E-state index in [0.29, 0.717) is 13.0 Å². The molecule has 21 heavy (non-hydrogen) atoms. The van der Waals surface area contributed by atoms with Crippen LogP contribution < -0.4 is 5.32 Å². The van der Waals surface area contributed by atoms with Gasteiger partial charge >= 0.3 is 0 Å². The Hall–Kier alpha value is -1.26. The van der Waals surface area contributed by atoms with Crippen LogP contribution >= 0.6 is 11.6 Å². The molecule has 1 aliphatic heterocycles. The van der Waals surface area contributed by atoms with Crippen LogP contribution in [0.1, 0.15) is 24.8 Å². The molecule has 1 aliphatic rings. The minimum absolute atomic E-state index is 0.226. The number of aliphatic hydroxyl groups is 1. The number of carbonyl (C=O) groups excluding carboxylic acids is 1. The summed E-state index contributed by atoms with van der Waals surface area (Å²) < 4.78 is 0. The quantitative estimate of drug-likeness (QED) is 0.760. The van der Waals surface area contributed by atoms with Gasteiger partial charge in [0.1, 0.15) is 0 Å². The summed E-state index contributed by atoms with van der Waals surface area (Å²) in [6, 6.07) is 7.98. The van der Waals surface area contributed by atoms with Gasteiger partial charge in [-0.3, -0.25) is 4.79 Å². The fourth-order valence-electron chi connectivity index (χ4n) is 2.46. The third-order valence-corrected chi connectivity index (χ3v) is 4.12. The first kappa shape index (κ1) is 16.1. The van der Waals surface area contributed by atoms with E-state index in [-0.39, 0.29) is 11.8 Å². The smallest absolute Gasteiger partial charge is 0.222 e. The van der Waals surface area contributed by atoms with Crippen LogP contribution in [0.25, 0.3) is 0 Å². The van der Waals surface area contributed by atoms with Crippen LogP contribution in [0.4, 0.5) is 5.69 Å². The highest BCUT2D eigenvalue weighted by Crippen LogP contribution is 2.14. The maximum atomic E-state index is 12.0. The van der Waals surface area contributed by atoms with Crippen molar-refractivity contribution in [1.82, 2.24) is 4.90 Å². The van der Waals surface area contributed by atoms with Gasteiger partial charge in [-0.15, -0.1) is 11.6 Å². The number of nitrogens with zero attached hydrogens (tertiary/aromatic N) is 1. The zero-order chi connectivity index (χ0) is 15.1. The minimum atomic E-state index is -0.538.